The Morgan fingerprint density at radius 3 is 2.33 bits per heavy atom. The van der Waals surface area contributed by atoms with Crippen LogP contribution >= 0.6 is 0 Å². The number of carbonyl (C=O) groups is 2. The molecule has 2 amide bonds. The van der Waals surface area contributed by atoms with Crippen molar-refractivity contribution < 1.29 is 9.59 Å². The van der Waals surface area contributed by atoms with Crippen LogP contribution in [-0.2, 0) is 9.59 Å². The molecular weight excluding hydrogens is 228 g/mol. The van der Waals surface area contributed by atoms with E-state index in [0.717, 1.165) is 6.42 Å². The van der Waals surface area contributed by atoms with Crippen molar-refractivity contribution in [3.8, 4) is 0 Å². The van der Waals surface area contributed by atoms with Crippen LogP contribution in [0.15, 0.2) is 0 Å². The normalized spacial score (nSPS) is 26.2. The summed E-state index contributed by atoms with van der Waals surface area (Å²) < 4.78 is 0. The summed E-state index contributed by atoms with van der Waals surface area (Å²) in [5.41, 5.74) is -1.29. The van der Waals surface area contributed by atoms with Gasteiger partial charge in [-0.05, 0) is 32.6 Å². The van der Waals surface area contributed by atoms with E-state index in [1.165, 1.54) is 0 Å². The SMILES string of the molecule is CCCNC(=O)C1(CC(C)C)N(C)C(=O)C1(C)C. The summed E-state index contributed by atoms with van der Waals surface area (Å²) in [6, 6.07) is 0. The standard InChI is InChI=1S/C14H26N2O2/c1-7-8-15-11(17)14(9-10(2)3)13(4,5)12(18)16(14)6/h10H,7-9H2,1-6H3,(H,15,17). The van der Waals surface area contributed by atoms with E-state index >= 15 is 0 Å². The molecule has 0 radical (unpaired) electrons. The first-order valence-corrected chi connectivity index (χ1v) is 6.78. The second-order valence-corrected chi connectivity index (χ2v) is 6.20. The van der Waals surface area contributed by atoms with Gasteiger partial charge in [0.1, 0.15) is 5.54 Å². The summed E-state index contributed by atoms with van der Waals surface area (Å²) in [4.78, 5) is 26.1. The summed E-state index contributed by atoms with van der Waals surface area (Å²) >= 11 is 0. The highest BCUT2D eigenvalue weighted by Crippen LogP contribution is 2.50. The maximum Gasteiger partial charge on any atom is 0.247 e. The number of rotatable bonds is 5. The third-order valence-electron chi connectivity index (χ3n) is 4.06. The summed E-state index contributed by atoms with van der Waals surface area (Å²) in [7, 11) is 1.74. The first-order valence-electron chi connectivity index (χ1n) is 6.78. The lowest BCUT2D eigenvalue weighted by Crippen LogP contribution is -2.80. The Morgan fingerprint density at radius 2 is 1.94 bits per heavy atom. The molecular formula is C14H26N2O2. The Kier molecular flexibility index (Phi) is 4.08. The van der Waals surface area contributed by atoms with Gasteiger partial charge in [-0.1, -0.05) is 20.8 Å². The Morgan fingerprint density at radius 1 is 1.39 bits per heavy atom. The second kappa shape index (κ2) is 4.90. The molecule has 1 fully saturated rings. The maximum atomic E-state index is 12.5. The molecule has 0 aliphatic carbocycles. The number of hydrogen-bond acceptors (Lipinski definition) is 2. The third kappa shape index (κ3) is 1.91. The molecule has 0 aromatic carbocycles. The zero-order valence-corrected chi connectivity index (χ0v) is 12.5. The van der Waals surface area contributed by atoms with Crippen LogP contribution in [0, 0.1) is 11.3 Å². The molecule has 1 saturated heterocycles. The third-order valence-corrected chi connectivity index (χ3v) is 4.06. The molecule has 4 heteroatoms. The minimum Gasteiger partial charge on any atom is -0.354 e. The van der Waals surface area contributed by atoms with Gasteiger partial charge in [0.05, 0.1) is 5.41 Å². The van der Waals surface area contributed by atoms with E-state index in [2.05, 4.69) is 19.2 Å². The second-order valence-electron chi connectivity index (χ2n) is 6.20. The van der Waals surface area contributed by atoms with E-state index in [9.17, 15) is 9.59 Å². The van der Waals surface area contributed by atoms with Crippen molar-refractivity contribution in [2.24, 2.45) is 11.3 Å². The number of likely N-dealkylation sites (tertiary alicyclic amines) is 1. The van der Waals surface area contributed by atoms with Gasteiger partial charge >= 0.3 is 0 Å². The molecule has 0 saturated carbocycles. The van der Waals surface area contributed by atoms with Crippen molar-refractivity contribution >= 4 is 11.8 Å². The zero-order chi connectivity index (χ0) is 14.1. The minimum absolute atomic E-state index is 0.00912. The Hall–Kier alpha value is -1.06. The number of carbonyl (C=O) groups excluding carboxylic acids is 2. The van der Waals surface area contributed by atoms with E-state index in [0.29, 0.717) is 18.9 Å². The number of nitrogens with zero attached hydrogens (tertiary/aromatic N) is 1. The van der Waals surface area contributed by atoms with E-state index in [1.54, 1.807) is 11.9 Å². The average Bonchev–Trinajstić information content (AvgIpc) is 2.30. The van der Waals surface area contributed by atoms with E-state index in [4.69, 9.17) is 0 Å². The molecule has 1 aliphatic rings. The lowest BCUT2D eigenvalue weighted by atomic mass is 9.59. The molecule has 1 rings (SSSR count). The van der Waals surface area contributed by atoms with Crippen LogP contribution in [0.25, 0.3) is 0 Å². The van der Waals surface area contributed by atoms with Gasteiger partial charge in [0.2, 0.25) is 11.8 Å². The zero-order valence-electron chi connectivity index (χ0n) is 12.5. The molecule has 0 aromatic rings. The van der Waals surface area contributed by atoms with Gasteiger partial charge < -0.3 is 10.2 Å². The fraction of sp³-hybridized carbons (Fsp3) is 0.857. The van der Waals surface area contributed by atoms with Crippen LogP contribution < -0.4 is 5.32 Å². The van der Waals surface area contributed by atoms with Gasteiger partial charge in [0.25, 0.3) is 0 Å². The molecule has 1 unspecified atom stereocenters. The molecule has 18 heavy (non-hydrogen) atoms. The molecule has 0 bridgehead atoms. The highest BCUT2D eigenvalue weighted by molar-refractivity contribution is 6.05. The lowest BCUT2D eigenvalue weighted by molar-refractivity contribution is -0.192. The molecule has 4 nitrogen and oxygen atoms in total. The Labute approximate surface area is 110 Å². The maximum absolute atomic E-state index is 12.5. The minimum atomic E-state index is -0.687. The smallest absolute Gasteiger partial charge is 0.247 e. The van der Waals surface area contributed by atoms with E-state index < -0.39 is 11.0 Å². The number of β-lactam (4-membered cyclic amide) rings is 1. The van der Waals surface area contributed by atoms with Crippen LogP contribution in [0.2, 0.25) is 0 Å². The molecule has 0 aromatic heterocycles. The Bertz CT molecular complexity index is 350. The largest absolute Gasteiger partial charge is 0.354 e. The topological polar surface area (TPSA) is 49.4 Å². The highest BCUT2D eigenvalue weighted by atomic mass is 16.2. The van der Waals surface area contributed by atoms with Gasteiger partial charge in [-0.3, -0.25) is 9.59 Å². The van der Waals surface area contributed by atoms with Crippen molar-refractivity contribution in [1.82, 2.24) is 10.2 Å². The van der Waals surface area contributed by atoms with Gasteiger partial charge in [-0.25, -0.2) is 0 Å². The van der Waals surface area contributed by atoms with Crippen molar-refractivity contribution in [2.75, 3.05) is 13.6 Å². The van der Waals surface area contributed by atoms with Gasteiger partial charge in [0.15, 0.2) is 0 Å². The molecule has 1 heterocycles. The predicted molar refractivity (Wildman–Crippen MR) is 72.0 cm³/mol. The number of nitrogens with one attached hydrogen (secondary N) is 1. The van der Waals surface area contributed by atoms with Crippen LogP contribution in [0.3, 0.4) is 0 Å². The number of hydrogen-bond donors (Lipinski definition) is 1. The van der Waals surface area contributed by atoms with Gasteiger partial charge in [-0.15, -0.1) is 0 Å². The van der Waals surface area contributed by atoms with Crippen molar-refractivity contribution in [1.29, 1.82) is 0 Å². The van der Waals surface area contributed by atoms with Crippen molar-refractivity contribution in [3.63, 3.8) is 0 Å². The van der Waals surface area contributed by atoms with Crippen LogP contribution in [0.5, 0.6) is 0 Å². The summed E-state index contributed by atoms with van der Waals surface area (Å²) in [5, 5.41) is 2.95. The first-order chi connectivity index (χ1) is 8.21. The summed E-state index contributed by atoms with van der Waals surface area (Å²) in [6.45, 7) is 10.6. The molecule has 1 aliphatic heterocycles. The van der Waals surface area contributed by atoms with Gasteiger partial charge in [-0.2, -0.15) is 0 Å². The average molecular weight is 254 g/mol. The Balaban J connectivity index is 3.04. The molecule has 1 atom stereocenters. The molecule has 0 spiro atoms. The summed E-state index contributed by atoms with van der Waals surface area (Å²) in [5.74, 6) is 0.409. The quantitative estimate of drug-likeness (QED) is 0.761. The fourth-order valence-electron chi connectivity index (χ4n) is 3.03. The lowest BCUT2D eigenvalue weighted by Gasteiger charge is -2.60. The predicted octanol–water partition coefficient (Wildman–Crippen LogP) is 1.80. The van der Waals surface area contributed by atoms with Crippen LogP contribution in [0.1, 0.15) is 47.5 Å². The van der Waals surface area contributed by atoms with Crippen LogP contribution in [-0.4, -0.2) is 35.8 Å². The molecule has 1 N–H and O–H groups in total. The van der Waals surface area contributed by atoms with Crippen molar-refractivity contribution in [3.05, 3.63) is 0 Å². The van der Waals surface area contributed by atoms with Gasteiger partial charge in [0, 0.05) is 13.6 Å². The number of likely N-dealkylation sites (N-methyl/N-ethyl adjacent to an activating group) is 1. The fourth-order valence-corrected chi connectivity index (χ4v) is 3.03. The van der Waals surface area contributed by atoms with Crippen molar-refractivity contribution in [2.45, 2.75) is 53.0 Å². The summed E-state index contributed by atoms with van der Waals surface area (Å²) in [6.07, 6.45) is 1.61. The highest BCUT2D eigenvalue weighted by Gasteiger charge is 2.68. The first kappa shape index (κ1) is 15.0. The molecule has 104 valence electrons. The number of amides is 2. The van der Waals surface area contributed by atoms with E-state index in [-0.39, 0.29) is 11.8 Å². The van der Waals surface area contributed by atoms with Crippen LogP contribution in [0.4, 0.5) is 0 Å². The van der Waals surface area contributed by atoms with E-state index in [1.807, 2.05) is 20.8 Å². The monoisotopic (exact) mass is 254 g/mol.